The number of nitrogens with zero attached hydrogens (tertiary/aromatic N) is 1. The fourth-order valence-corrected chi connectivity index (χ4v) is 2.47. The highest BCUT2D eigenvalue weighted by Crippen LogP contribution is 2.25. The zero-order valence-corrected chi connectivity index (χ0v) is 14.9. The number of rotatable bonds is 6. The Bertz CT molecular complexity index is 880. The summed E-state index contributed by atoms with van der Waals surface area (Å²) < 4.78 is 11.2. The van der Waals surface area contributed by atoms with Crippen LogP contribution in [-0.4, -0.2) is 17.5 Å². The number of ether oxygens (including phenoxy) is 2. The molecule has 0 aliphatic rings. The molecule has 1 aromatic heterocycles. The molecule has 0 saturated carbocycles. The summed E-state index contributed by atoms with van der Waals surface area (Å²) in [6.45, 7) is 2.56. The molecule has 0 fully saturated rings. The first-order valence-corrected chi connectivity index (χ1v) is 8.46. The standard InChI is InChI=1S/C20H17ClN2O3/c1-2-25-15-9-11-17(12-10-15)26-16-7-5-14(6-8-16)23-20(24)18-4-3-13-22-19(18)21/h3-13H,2H2,1H3,(H,23,24). The molecule has 0 atom stereocenters. The van der Waals surface area contributed by atoms with Crippen molar-refractivity contribution < 1.29 is 14.3 Å². The molecule has 0 radical (unpaired) electrons. The minimum absolute atomic E-state index is 0.167. The zero-order valence-electron chi connectivity index (χ0n) is 14.1. The number of benzene rings is 2. The Balaban J connectivity index is 1.63. The van der Waals surface area contributed by atoms with Crippen LogP contribution < -0.4 is 14.8 Å². The first-order chi connectivity index (χ1) is 12.7. The number of amides is 1. The van der Waals surface area contributed by atoms with E-state index in [-0.39, 0.29) is 11.1 Å². The van der Waals surface area contributed by atoms with E-state index in [0.29, 0.717) is 29.4 Å². The number of anilines is 1. The second-order valence-corrected chi connectivity index (χ2v) is 5.68. The third-order valence-corrected chi connectivity index (χ3v) is 3.79. The van der Waals surface area contributed by atoms with Crippen molar-refractivity contribution in [2.75, 3.05) is 11.9 Å². The van der Waals surface area contributed by atoms with Gasteiger partial charge in [0.25, 0.3) is 5.91 Å². The summed E-state index contributed by atoms with van der Waals surface area (Å²) in [7, 11) is 0. The average Bonchev–Trinajstić information content (AvgIpc) is 2.65. The Morgan fingerprint density at radius 3 is 2.23 bits per heavy atom. The van der Waals surface area contributed by atoms with Gasteiger partial charge in [-0.25, -0.2) is 4.98 Å². The van der Waals surface area contributed by atoms with Crippen molar-refractivity contribution in [3.8, 4) is 17.2 Å². The van der Waals surface area contributed by atoms with E-state index in [4.69, 9.17) is 21.1 Å². The van der Waals surface area contributed by atoms with Crippen molar-refractivity contribution in [2.24, 2.45) is 0 Å². The SMILES string of the molecule is CCOc1ccc(Oc2ccc(NC(=O)c3cccnc3Cl)cc2)cc1. The molecule has 2 aromatic carbocycles. The van der Waals surface area contributed by atoms with Crippen molar-refractivity contribution in [2.45, 2.75) is 6.92 Å². The zero-order chi connectivity index (χ0) is 18.4. The van der Waals surface area contributed by atoms with E-state index in [9.17, 15) is 4.79 Å². The number of aromatic nitrogens is 1. The molecule has 0 spiro atoms. The fourth-order valence-electron chi connectivity index (χ4n) is 2.27. The minimum atomic E-state index is -0.316. The Hall–Kier alpha value is -3.05. The van der Waals surface area contributed by atoms with Gasteiger partial charge in [-0.3, -0.25) is 4.79 Å². The van der Waals surface area contributed by atoms with Crippen molar-refractivity contribution in [3.63, 3.8) is 0 Å². The number of hydrogen-bond acceptors (Lipinski definition) is 4. The van der Waals surface area contributed by atoms with Crippen LogP contribution in [0.25, 0.3) is 0 Å². The summed E-state index contributed by atoms with van der Waals surface area (Å²) in [6, 6.07) is 17.7. The minimum Gasteiger partial charge on any atom is -0.494 e. The molecule has 0 aliphatic carbocycles. The molecule has 0 unspecified atom stereocenters. The average molecular weight is 369 g/mol. The Labute approximate surface area is 156 Å². The summed E-state index contributed by atoms with van der Waals surface area (Å²) in [6.07, 6.45) is 1.53. The lowest BCUT2D eigenvalue weighted by Gasteiger charge is -2.09. The van der Waals surface area contributed by atoms with Crippen molar-refractivity contribution in [1.29, 1.82) is 0 Å². The summed E-state index contributed by atoms with van der Waals surface area (Å²) in [5.41, 5.74) is 0.956. The molecule has 1 N–H and O–H groups in total. The van der Waals surface area contributed by atoms with Gasteiger partial charge in [-0.15, -0.1) is 0 Å². The van der Waals surface area contributed by atoms with Gasteiger partial charge < -0.3 is 14.8 Å². The van der Waals surface area contributed by atoms with Gasteiger partial charge in [-0.1, -0.05) is 11.6 Å². The van der Waals surface area contributed by atoms with E-state index in [1.165, 1.54) is 6.20 Å². The molecule has 0 bridgehead atoms. The summed E-state index contributed by atoms with van der Waals surface area (Å²) in [5.74, 6) is 1.84. The number of pyridine rings is 1. The predicted octanol–water partition coefficient (Wildman–Crippen LogP) is 5.18. The molecule has 3 rings (SSSR count). The second kappa shape index (κ2) is 8.36. The maximum absolute atomic E-state index is 12.2. The number of hydrogen-bond donors (Lipinski definition) is 1. The molecule has 26 heavy (non-hydrogen) atoms. The van der Waals surface area contributed by atoms with E-state index in [1.807, 2.05) is 31.2 Å². The normalized spacial score (nSPS) is 10.2. The van der Waals surface area contributed by atoms with Gasteiger partial charge in [0.15, 0.2) is 0 Å². The van der Waals surface area contributed by atoms with Crippen molar-refractivity contribution in [3.05, 3.63) is 77.6 Å². The van der Waals surface area contributed by atoms with Gasteiger partial charge >= 0.3 is 0 Å². The van der Waals surface area contributed by atoms with Gasteiger partial charge in [0.05, 0.1) is 12.2 Å². The molecule has 132 valence electrons. The lowest BCUT2D eigenvalue weighted by molar-refractivity contribution is 0.102. The van der Waals surface area contributed by atoms with Crippen LogP contribution in [0.3, 0.4) is 0 Å². The molecular weight excluding hydrogens is 352 g/mol. The van der Waals surface area contributed by atoms with E-state index < -0.39 is 0 Å². The third-order valence-electron chi connectivity index (χ3n) is 3.49. The molecule has 1 heterocycles. The van der Waals surface area contributed by atoms with Crippen LogP contribution in [0.4, 0.5) is 5.69 Å². The molecule has 5 nitrogen and oxygen atoms in total. The van der Waals surface area contributed by atoms with Crippen LogP contribution in [0.15, 0.2) is 66.9 Å². The van der Waals surface area contributed by atoms with E-state index in [1.54, 1.807) is 36.4 Å². The van der Waals surface area contributed by atoms with Gasteiger partial charge in [0, 0.05) is 11.9 Å². The van der Waals surface area contributed by atoms with Crippen LogP contribution in [0.2, 0.25) is 5.15 Å². The molecule has 1 amide bonds. The lowest BCUT2D eigenvalue weighted by Crippen LogP contribution is -2.12. The number of halogens is 1. The highest BCUT2D eigenvalue weighted by molar-refractivity contribution is 6.33. The topological polar surface area (TPSA) is 60.5 Å². The quantitative estimate of drug-likeness (QED) is 0.609. The molecule has 0 saturated heterocycles. The Morgan fingerprint density at radius 2 is 1.62 bits per heavy atom. The summed E-state index contributed by atoms with van der Waals surface area (Å²) >= 11 is 5.93. The van der Waals surface area contributed by atoms with Gasteiger partial charge in [0.2, 0.25) is 0 Å². The fraction of sp³-hybridized carbons (Fsp3) is 0.100. The van der Waals surface area contributed by atoms with E-state index >= 15 is 0 Å². The third kappa shape index (κ3) is 4.52. The molecular formula is C20H17ClN2O3. The summed E-state index contributed by atoms with van der Waals surface area (Å²) in [4.78, 5) is 16.1. The summed E-state index contributed by atoms with van der Waals surface area (Å²) in [5, 5.41) is 2.94. The monoisotopic (exact) mass is 368 g/mol. The highest BCUT2D eigenvalue weighted by atomic mass is 35.5. The number of carbonyl (C=O) groups is 1. The van der Waals surface area contributed by atoms with Crippen molar-refractivity contribution >= 4 is 23.2 Å². The first-order valence-electron chi connectivity index (χ1n) is 8.08. The number of carbonyl (C=O) groups excluding carboxylic acids is 1. The first kappa shape index (κ1) is 17.8. The van der Waals surface area contributed by atoms with Gasteiger partial charge in [-0.05, 0) is 67.6 Å². The predicted molar refractivity (Wildman–Crippen MR) is 101 cm³/mol. The molecule has 0 aliphatic heterocycles. The maximum Gasteiger partial charge on any atom is 0.258 e. The molecule has 3 aromatic rings. The van der Waals surface area contributed by atoms with Crippen LogP contribution >= 0.6 is 11.6 Å². The van der Waals surface area contributed by atoms with E-state index in [0.717, 1.165) is 5.75 Å². The van der Waals surface area contributed by atoms with Crippen LogP contribution in [0.5, 0.6) is 17.2 Å². The Kier molecular flexibility index (Phi) is 5.71. The number of nitrogens with one attached hydrogen (secondary N) is 1. The Morgan fingerprint density at radius 1 is 1.00 bits per heavy atom. The van der Waals surface area contributed by atoms with E-state index in [2.05, 4.69) is 10.3 Å². The highest BCUT2D eigenvalue weighted by Gasteiger charge is 2.10. The lowest BCUT2D eigenvalue weighted by atomic mass is 10.2. The van der Waals surface area contributed by atoms with Gasteiger partial charge in [0.1, 0.15) is 22.4 Å². The van der Waals surface area contributed by atoms with Gasteiger partial charge in [-0.2, -0.15) is 0 Å². The van der Waals surface area contributed by atoms with Crippen LogP contribution in [0, 0.1) is 0 Å². The molecule has 6 heteroatoms. The van der Waals surface area contributed by atoms with Crippen LogP contribution in [0.1, 0.15) is 17.3 Å². The van der Waals surface area contributed by atoms with Crippen molar-refractivity contribution in [1.82, 2.24) is 4.98 Å². The largest absolute Gasteiger partial charge is 0.494 e. The maximum atomic E-state index is 12.2. The van der Waals surface area contributed by atoms with Crippen LogP contribution in [-0.2, 0) is 0 Å². The second-order valence-electron chi connectivity index (χ2n) is 5.33. The smallest absolute Gasteiger partial charge is 0.258 e.